The third kappa shape index (κ3) is 4.04. The molecule has 0 saturated heterocycles. The Hall–Kier alpha value is -2.89. The van der Waals surface area contributed by atoms with Crippen molar-refractivity contribution in [1.29, 1.82) is 0 Å². The van der Waals surface area contributed by atoms with Crippen molar-refractivity contribution < 1.29 is 9.53 Å². The molecule has 1 amide bonds. The first-order chi connectivity index (χ1) is 14.6. The fourth-order valence-electron chi connectivity index (χ4n) is 3.85. The van der Waals surface area contributed by atoms with Gasteiger partial charge in [0.15, 0.2) is 5.65 Å². The first-order valence-corrected chi connectivity index (χ1v) is 11.0. The van der Waals surface area contributed by atoms with Crippen molar-refractivity contribution in [3.8, 4) is 0 Å². The summed E-state index contributed by atoms with van der Waals surface area (Å²) >= 11 is 0. The highest BCUT2D eigenvalue weighted by molar-refractivity contribution is 5.89. The number of imidazole rings is 1. The lowest BCUT2D eigenvalue weighted by atomic mass is 9.93. The van der Waals surface area contributed by atoms with Crippen molar-refractivity contribution in [2.75, 3.05) is 11.4 Å². The Morgan fingerprint density at radius 1 is 1.27 bits per heavy atom. The third-order valence-electron chi connectivity index (χ3n) is 5.64. The molecule has 1 saturated carbocycles. The lowest BCUT2D eigenvalue weighted by Crippen LogP contribution is -2.36. The van der Waals surface area contributed by atoms with Gasteiger partial charge in [-0.05, 0) is 61.4 Å². The molecule has 158 valence electrons. The number of hydrogen-bond acceptors (Lipinski definition) is 4. The molecule has 5 rings (SSSR count). The molecule has 3 aromatic rings. The lowest BCUT2D eigenvalue weighted by molar-refractivity contribution is 0.146. The number of amides is 1. The van der Waals surface area contributed by atoms with E-state index in [0.29, 0.717) is 0 Å². The molecule has 1 fully saturated rings. The second-order valence-corrected chi connectivity index (χ2v) is 7.95. The van der Waals surface area contributed by atoms with E-state index in [2.05, 4.69) is 46.1 Å². The number of benzene rings is 1. The topological polar surface area (TPSA) is 71.1 Å². The molecule has 0 radical (unpaired) electrons. The molecule has 1 N–H and O–H groups in total. The molecule has 2 aromatic heterocycles. The molecule has 1 aliphatic carbocycles. The quantitative estimate of drug-likeness (QED) is 0.624. The first-order valence-electron chi connectivity index (χ1n) is 11.0. The number of nitrogens with zero attached hydrogens (tertiary/aromatic N) is 3. The van der Waals surface area contributed by atoms with E-state index in [9.17, 15) is 4.79 Å². The van der Waals surface area contributed by atoms with Crippen LogP contribution in [0.25, 0.3) is 11.2 Å². The van der Waals surface area contributed by atoms with E-state index >= 15 is 0 Å². The smallest absolute Gasteiger partial charge is 0.414 e. The average molecular weight is 407 g/mol. The van der Waals surface area contributed by atoms with Gasteiger partial charge in [0.2, 0.25) is 0 Å². The SMILES string of the molecule is CC.Cc1cnc2nc(C(C)c3ccc4c(c3)CCCN4C(=O)OC3CC3)[nH]c2c1. The normalized spacial score (nSPS) is 16.5. The van der Waals surface area contributed by atoms with Crippen LogP contribution in [-0.4, -0.2) is 33.7 Å². The van der Waals surface area contributed by atoms with Crippen LogP contribution < -0.4 is 4.90 Å². The van der Waals surface area contributed by atoms with Gasteiger partial charge in [0.25, 0.3) is 0 Å². The predicted molar refractivity (Wildman–Crippen MR) is 119 cm³/mol. The van der Waals surface area contributed by atoms with E-state index in [4.69, 9.17) is 4.74 Å². The van der Waals surface area contributed by atoms with Crippen LogP contribution >= 0.6 is 0 Å². The number of carbonyl (C=O) groups is 1. The van der Waals surface area contributed by atoms with Crippen molar-refractivity contribution in [2.24, 2.45) is 0 Å². The Labute approximate surface area is 177 Å². The fourth-order valence-corrected chi connectivity index (χ4v) is 3.85. The molecule has 2 aliphatic rings. The molecule has 30 heavy (non-hydrogen) atoms. The summed E-state index contributed by atoms with van der Waals surface area (Å²) in [7, 11) is 0. The minimum absolute atomic E-state index is 0.119. The average Bonchev–Trinajstić information content (AvgIpc) is 3.49. The van der Waals surface area contributed by atoms with Crippen LogP contribution in [0.5, 0.6) is 0 Å². The molecular formula is C24H30N4O2. The van der Waals surface area contributed by atoms with Gasteiger partial charge in [0.1, 0.15) is 11.9 Å². The number of H-pyrrole nitrogens is 1. The Kier molecular flexibility index (Phi) is 5.75. The summed E-state index contributed by atoms with van der Waals surface area (Å²) in [6, 6.07) is 8.43. The molecule has 3 heterocycles. The van der Waals surface area contributed by atoms with Gasteiger partial charge >= 0.3 is 6.09 Å². The molecular weight excluding hydrogens is 376 g/mol. The summed E-state index contributed by atoms with van der Waals surface area (Å²) in [5.41, 5.74) is 6.20. The Morgan fingerprint density at radius 2 is 2.07 bits per heavy atom. The largest absolute Gasteiger partial charge is 0.446 e. The number of rotatable bonds is 3. The minimum Gasteiger partial charge on any atom is -0.446 e. The number of carbonyl (C=O) groups excluding carboxylic acids is 1. The summed E-state index contributed by atoms with van der Waals surface area (Å²) in [5.74, 6) is 1.03. The van der Waals surface area contributed by atoms with E-state index in [1.807, 2.05) is 27.0 Å². The zero-order chi connectivity index (χ0) is 21.3. The van der Waals surface area contributed by atoms with E-state index in [-0.39, 0.29) is 18.1 Å². The third-order valence-corrected chi connectivity index (χ3v) is 5.64. The zero-order valence-electron chi connectivity index (χ0n) is 18.2. The number of aromatic amines is 1. The van der Waals surface area contributed by atoms with E-state index in [1.165, 1.54) is 11.1 Å². The monoisotopic (exact) mass is 406 g/mol. The Morgan fingerprint density at radius 3 is 2.83 bits per heavy atom. The van der Waals surface area contributed by atoms with Crippen molar-refractivity contribution in [3.63, 3.8) is 0 Å². The van der Waals surface area contributed by atoms with Crippen LogP contribution in [0.2, 0.25) is 0 Å². The van der Waals surface area contributed by atoms with Gasteiger partial charge < -0.3 is 9.72 Å². The Bertz CT molecular complexity index is 1050. The van der Waals surface area contributed by atoms with Crippen molar-refractivity contribution in [3.05, 3.63) is 53.0 Å². The maximum atomic E-state index is 12.5. The maximum Gasteiger partial charge on any atom is 0.414 e. The van der Waals surface area contributed by atoms with Gasteiger partial charge in [-0.15, -0.1) is 0 Å². The number of aromatic nitrogens is 3. The molecule has 0 bridgehead atoms. The number of pyridine rings is 1. The van der Waals surface area contributed by atoms with Crippen LogP contribution in [0.4, 0.5) is 10.5 Å². The van der Waals surface area contributed by atoms with Crippen LogP contribution in [-0.2, 0) is 11.2 Å². The highest BCUT2D eigenvalue weighted by Crippen LogP contribution is 2.34. The van der Waals surface area contributed by atoms with Crippen LogP contribution in [0.3, 0.4) is 0 Å². The summed E-state index contributed by atoms with van der Waals surface area (Å²) < 4.78 is 5.51. The number of fused-ring (bicyclic) bond motifs is 2. The molecule has 0 spiro atoms. The lowest BCUT2D eigenvalue weighted by Gasteiger charge is -2.29. The fraction of sp³-hybridized carbons (Fsp3) is 0.458. The van der Waals surface area contributed by atoms with E-state index in [0.717, 1.165) is 60.5 Å². The van der Waals surface area contributed by atoms with Crippen molar-refractivity contribution in [1.82, 2.24) is 15.0 Å². The van der Waals surface area contributed by atoms with Crippen LogP contribution in [0, 0.1) is 6.92 Å². The second-order valence-electron chi connectivity index (χ2n) is 7.95. The van der Waals surface area contributed by atoms with Crippen molar-refractivity contribution >= 4 is 22.9 Å². The number of hydrogen-bond donors (Lipinski definition) is 1. The zero-order valence-corrected chi connectivity index (χ0v) is 18.2. The Balaban J connectivity index is 0.00000106. The maximum absolute atomic E-state index is 12.5. The van der Waals surface area contributed by atoms with Gasteiger partial charge in [-0.25, -0.2) is 14.8 Å². The summed E-state index contributed by atoms with van der Waals surface area (Å²) in [5, 5.41) is 0. The van der Waals surface area contributed by atoms with Crippen LogP contribution in [0.15, 0.2) is 30.5 Å². The van der Waals surface area contributed by atoms with E-state index in [1.54, 1.807) is 4.90 Å². The molecule has 1 unspecified atom stereocenters. The second kappa shape index (κ2) is 8.46. The minimum atomic E-state index is -0.206. The van der Waals surface area contributed by atoms with Gasteiger partial charge in [-0.2, -0.15) is 0 Å². The number of aryl methyl sites for hydroxylation is 2. The number of nitrogens with one attached hydrogen (secondary N) is 1. The molecule has 6 nitrogen and oxygen atoms in total. The standard InChI is InChI=1S/C22H24N4O2.C2H6/c1-13-10-18-21(23-12-13)25-20(24-18)14(2)15-5-8-19-16(11-15)4-3-9-26(19)22(27)28-17-6-7-17;1-2/h5,8,10-12,14,17H,3-4,6-7,9H2,1-2H3,(H,23,24,25);1-2H3. The highest BCUT2D eigenvalue weighted by atomic mass is 16.6. The van der Waals surface area contributed by atoms with Gasteiger partial charge in [-0.1, -0.05) is 32.9 Å². The number of ether oxygens (including phenoxy) is 1. The van der Waals surface area contributed by atoms with Crippen LogP contribution in [0.1, 0.15) is 68.5 Å². The van der Waals surface area contributed by atoms with Gasteiger partial charge in [-0.3, -0.25) is 4.90 Å². The molecule has 6 heteroatoms. The number of anilines is 1. The molecule has 1 aromatic carbocycles. The van der Waals surface area contributed by atoms with Gasteiger partial charge in [0, 0.05) is 18.7 Å². The highest BCUT2D eigenvalue weighted by Gasteiger charge is 2.31. The molecule has 1 atom stereocenters. The van der Waals surface area contributed by atoms with E-state index < -0.39 is 0 Å². The molecule has 1 aliphatic heterocycles. The van der Waals surface area contributed by atoms with Crippen molar-refractivity contribution in [2.45, 2.75) is 65.4 Å². The van der Waals surface area contributed by atoms with Gasteiger partial charge in [0.05, 0.1) is 11.2 Å². The summed E-state index contributed by atoms with van der Waals surface area (Å²) in [6.45, 7) is 8.90. The summed E-state index contributed by atoms with van der Waals surface area (Å²) in [6.07, 6.45) is 5.68. The predicted octanol–water partition coefficient (Wildman–Crippen LogP) is 5.50. The first kappa shape index (κ1) is 20.4. The summed E-state index contributed by atoms with van der Waals surface area (Å²) in [4.78, 5) is 26.7.